The van der Waals surface area contributed by atoms with Crippen molar-refractivity contribution < 1.29 is 24.1 Å². The SMILES string of the molecule is COCOC(=O)c1c(C)c(C)c(O)c(Oc2ccccc2)c1C. The van der Waals surface area contributed by atoms with E-state index in [-0.39, 0.29) is 18.3 Å². The van der Waals surface area contributed by atoms with Crippen LogP contribution in [0.4, 0.5) is 0 Å². The van der Waals surface area contributed by atoms with Gasteiger partial charge in [0, 0.05) is 12.7 Å². The topological polar surface area (TPSA) is 65.0 Å². The Morgan fingerprint density at radius 3 is 2.30 bits per heavy atom. The Hall–Kier alpha value is -2.53. The van der Waals surface area contributed by atoms with Crippen molar-refractivity contribution in [3.8, 4) is 17.2 Å². The minimum absolute atomic E-state index is 0.0205. The minimum atomic E-state index is -0.511. The lowest BCUT2D eigenvalue weighted by Crippen LogP contribution is -2.12. The number of hydrogen-bond donors (Lipinski definition) is 1. The summed E-state index contributed by atoms with van der Waals surface area (Å²) < 4.78 is 15.6. The zero-order valence-corrected chi connectivity index (χ0v) is 13.7. The molecule has 0 saturated heterocycles. The van der Waals surface area contributed by atoms with Crippen LogP contribution in [0.5, 0.6) is 17.2 Å². The van der Waals surface area contributed by atoms with Crippen LogP contribution in [0.25, 0.3) is 0 Å². The van der Waals surface area contributed by atoms with Crippen LogP contribution in [0.3, 0.4) is 0 Å². The first-order valence-corrected chi connectivity index (χ1v) is 7.19. The second kappa shape index (κ2) is 7.15. The molecule has 0 spiro atoms. The highest BCUT2D eigenvalue weighted by atomic mass is 16.7. The number of rotatable bonds is 5. The lowest BCUT2D eigenvalue weighted by molar-refractivity contribution is -0.0126. The van der Waals surface area contributed by atoms with Crippen LogP contribution in [-0.2, 0) is 9.47 Å². The first-order chi connectivity index (χ1) is 11.0. The zero-order chi connectivity index (χ0) is 17.0. The van der Waals surface area contributed by atoms with Gasteiger partial charge in [0.25, 0.3) is 0 Å². The van der Waals surface area contributed by atoms with Crippen molar-refractivity contribution in [3.05, 3.63) is 52.6 Å². The third-order valence-electron chi connectivity index (χ3n) is 3.70. The Kier molecular flexibility index (Phi) is 5.24. The van der Waals surface area contributed by atoms with Gasteiger partial charge < -0.3 is 19.3 Å². The molecule has 0 atom stereocenters. The summed E-state index contributed by atoms with van der Waals surface area (Å²) in [4.78, 5) is 12.3. The molecule has 2 aromatic carbocycles. The minimum Gasteiger partial charge on any atom is -0.504 e. The Morgan fingerprint density at radius 2 is 1.70 bits per heavy atom. The van der Waals surface area contributed by atoms with Gasteiger partial charge in [0.15, 0.2) is 18.3 Å². The fourth-order valence-corrected chi connectivity index (χ4v) is 2.33. The van der Waals surface area contributed by atoms with Crippen LogP contribution < -0.4 is 4.74 Å². The second-order valence-corrected chi connectivity index (χ2v) is 5.18. The van der Waals surface area contributed by atoms with Crippen LogP contribution in [0.1, 0.15) is 27.0 Å². The van der Waals surface area contributed by atoms with E-state index in [1.165, 1.54) is 7.11 Å². The van der Waals surface area contributed by atoms with E-state index < -0.39 is 5.97 Å². The summed E-state index contributed by atoms with van der Waals surface area (Å²) in [6.45, 7) is 5.08. The standard InChI is InChI=1S/C18H20O5/c1-11-12(2)16(19)17(23-14-8-6-5-7-9-14)13(3)15(11)18(20)22-10-21-4/h5-9,19H,10H2,1-4H3. The Balaban J connectivity index is 2.50. The number of methoxy groups -OCH3 is 1. The molecule has 0 radical (unpaired) electrons. The van der Waals surface area contributed by atoms with Crippen LogP contribution in [0, 0.1) is 20.8 Å². The summed E-state index contributed by atoms with van der Waals surface area (Å²) in [6, 6.07) is 9.08. The highest BCUT2D eigenvalue weighted by Gasteiger charge is 2.24. The number of benzene rings is 2. The first kappa shape index (κ1) is 16.8. The van der Waals surface area contributed by atoms with Crippen LogP contribution in [0.15, 0.2) is 30.3 Å². The summed E-state index contributed by atoms with van der Waals surface area (Å²) in [5, 5.41) is 10.4. The summed E-state index contributed by atoms with van der Waals surface area (Å²) in [7, 11) is 1.44. The van der Waals surface area contributed by atoms with E-state index in [2.05, 4.69) is 0 Å². The number of para-hydroxylation sites is 1. The Morgan fingerprint density at radius 1 is 1.04 bits per heavy atom. The van der Waals surface area contributed by atoms with Crippen molar-refractivity contribution in [1.82, 2.24) is 0 Å². The monoisotopic (exact) mass is 316 g/mol. The maximum Gasteiger partial charge on any atom is 0.340 e. The molecule has 0 bridgehead atoms. The molecule has 0 saturated carbocycles. The van der Waals surface area contributed by atoms with E-state index >= 15 is 0 Å². The van der Waals surface area contributed by atoms with Crippen molar-refractivity contribution in [2.45, 2.75) is 20.8 Å². The average molecular weight is 316 g/mol. The molecule has 122 valence electrons. The van der Waals surface area contributed by atoms with Gasteiger partial charge in [-0.2, -0.15) is 0 Å². The molecule has 2 aromatic rings. The predicted octanol–water partition coefficient (Wildman–Crippen LogP) is 3.87. The van der Waals surface area contributed by atoms with Crippen molar-refractivity contribution in [2.75, 3.05) is 13.9 Å². The number of hydrogen-bond acceptors (Lipinski definition) is 5. The maximum atomic E-state index is 12.3. The van der Waals surface area contributed by atoms with Gasteiger partial charge in [-0.1, -0.05) is 18.2 Å². The van der Waals surface area contributed by atoms with E-state index in [0.717, 1.165) is 0 Å². The van der Waals surface area contributed by atoms with Crippen molar-refractivity contribution in [1.29, 1.82) is 0 Å². The molecule has 5 heteroatoms. The molecule has 0 fully saturated rings. The number of ether oxygens (including phenoxy) is 3. The molecule has 0 amide bonds. The predicted molar refractivity (Wildman–Crippen MR) is 86.1 cm³/mol. The summed E-state index contributed by atoms with van der Waals surface area (Å²) >= 11 is 0. The number of aromatic hydroxyl groups is 1. The van der Waals surface area contributed by atoms with E-state index in [0.29, 0.717) is 28.0 Å². The molecule has 5 nitrogen and oxygen atoms in total. The Bertz CT molecular complexity index is 707. The normalized spacial score (nSPS) is 10.4. The van der Waals surface area contributed by atoms with Gasteiger partial charge >= 0.3 is 5.97 Å². The highest BCUT2D eigenvalue weighted by Crippen LogP contribution is 2.41. The number of phenols is 1. The maximum absolute atomic E-state index is 12.3. The van der Waals surface area contributed by atoms with Crippen LogP contribution >= 0.6 is 0 Å². The number of esters is 1. The molecule has 23 heavy (non-hydrogen) atoms. The average Bonchev–Trinajstić information content (AvgIpc) is 2.56. The van der Waals surface area contributed by atoms with Crippen molar-refractivity contribution >= 4 is 5.97 Å². The zero-order valence-electron chi connectivity index (χ0n) is 13.7. The Labute approximate surface area is 135 Å². The van der Waals surface area contributed by atoms with Crippen LogP contribution in [-0.4, -0.2) is 25.0 Å². The lowest BCUT2D eigenvalue weighted by Gasteiger charge is -2.18. The highest BCUT2D eigenvalue weighted by molar-refractivity contribution is 5.94. The molecule has 0 heterocycles. The molecular weight excluding hydrogens is 296 g/mol. The third-order valence-corrected chi connectivity index (χ3v) is 3.70. The molecule has 1 N–H and O–H groups in total. The molecule has 0 aliphatic rings. The van der Waals surface area contributed by atoms with Gasteiger partial charge in [0.1, 0.15) is 5.75 Å². The van der Waals surface area contributed by atoms with Gasteiger partial charge in [-0.05, 0) is 44.0 Å². The largest absolute Gasteiger partial charge is 0.504 e. The summed E-state index contributed by atoms with van der Waals surface area (Å²) in [5.41, 5.74) is 2.13. The van der Waals surface area contributed by atoms with E-state index in [1.807, 2.05) is 18.2 Å². The number of carbonyl (C=O) groups excluding carboxylic acids is 1. The van der Waals surface area contributed by atoms with Gasteiger partial charge in [0.2, 0.25) is 0 Å². The van der Waals surface area contributed by atoms with E-state index in [4.69, 9.17) is 14.2 Å². The second-order valence-electron chi connectivity index (χ2n) is 5.18. The van der Waals surface area contributed by atoms with Gasteiger partial charge in [-0.25, -0.2) is 4.79 Å². The first-order valence-electron chi connectivity index (χ1n) is 7.19. The van der Waals surface area contributed by atoms with Crippen molar-refractivity contribution in [2.24, 2.45) is 0 Å². The fourth-order valence-electron chi connectivity index (χ4n) is 2.33. The van der Waals surface area contributed by atoms with Gasteiger partial charge in [0.05, 0.1) is 5.56 Å². The molecule has 0 aromatic heterocycles. The molecule has 2 rings (SSSR count). The molecular formula is C18H20O5. The number of phenolic OH excluding ortho intramolecular Hbond substituents is 1. The summed E-state index contributed by atoms with van der Waals surface area (Å²) in [5.74, 6) is 0.337. The van der Waals surface area contributed by atoms with Gasteiger partial charge in [-0.3, -0.25) is 0 Å². The van der Waals surface area contributed by atoms with Gasteiger partial charge in [-0.15, -0.1) is 0 Å². The fraction of sp³-hybridized carbons (Fsp3) is 0.278. The smallest absolute Gasteiger partial charge is 0.340 e. The third kappa shape index (κ3) is 3.46. The molecule has 0 unspecified atom stereocenters. The van der Waals surface area contributed by atoms with Crippen LogP contribution in [0.2, 0.25) is 0 Å². The quantitative estimate of drug-likeness (QED) is 0.670. The van der Waals surface area contributed by atoms with Crippen molar-refractivity contribution in [3.63, 3.8) is 0 Å². The number of carbonyl (C=O) groups is 1. The molecule has 0 aliphatic carbocycles. The summed E-state index contributed by atoms with van der Waals surface area (Å²) in [6.07, 6.45) is 0. The lowest BCUT2D eigenvalue weighted by atomic mass is 9.96. The molecule has 0 aliphatic heterocycles. The van der Waals surface area contributed by atoms with E-state index in [9.17, 15) is 9.90 Å². The van der Waals surface area contributed by atoms with E-state index in [1.54, 1.807) is 32.9 Å².